The van der Waals surface area contributed by atoms with Gasteiger partial charge in [-0.1, -0.05) is 311 Å². The summed E-state index contributed by atoms with van der Waals surface area (Å²) in [6, 6.07) is 0. The summed E-state index contributed by atoms with van der Waals surface area (Å²) in [4.78, 5) is 38.3. The van der Waals surface area contributed by atoms with E-state index >= 15 is 0 Å². The molecule has 0 aliphatic carbocycles. The van der Waals surface area contributed by atoms with E-state index in [4.69, 9.17) is 14.2 Å². The van der Waals surface area contributed by atoms with Crippen LogP contribution in [0.2, 0.25) is 0 Å². The fourth-order valence-electron chi connectivity index (χ4n) is 9.47. The minimum atomic E-state index is -0.809. The van der Waals surface area contributed by atoms with Gasteiger partial charge in [0.2, 0.25) is 0 Å². The van der Waals surface area contributed by atoms with Crippen molar-refractivity contribution in [1.82, 2.24) is 0 Å². The molecule has 0 rings (SSSR count). The number of hydrogen-bond acceptors (Lipinski definition) is 6. The number of unbranched alkanes of at least 4 members (excludes halogenated alkanes) is 35. The molecule has 0 aromatic rings. The predicted octanol–water partition coefficient (Wildman–Crippen LogP) is 22.7. The lowest BCUT2D eigenvalue weighted by Crippen LogP contribution is -2.30. The van der Waals surface area contributed by atoms with Gasteiger partial charge in [0.15, 0.2) is 6.10 Å². The Kier molecular flexibility index (Phi) is 62.2. The SMILES string of the molecule is CC/C=C\C/C=C\C/C=C\C/C=C\CCC(=O)OCC(COC(=O)CCCCCCCCCC/C=C\C/C=C\C/C=C\CCCCCCC)OC(=O)CCCCCCCCCCCCCCCCCCCCCCCCC. The Morgan fingerprint density at radius 3 is 0.870 bits per heavy atom. The first kappa shape index (κ1) is 73.6. The van der Waals surface area contributed by atoms with Crippen molar-refractivity contribution in [1.29, 1.82) is 0 Å². The van der Waals surface area contributed by atoms with E-state index in [1.165, 1.54) is 199 Å². The molecule has 444 valence electrons. The van der Waals surface area contributed by atoms with Gasteiger partial charge in [-0.25, -0.2) is 0 Å². The maximum absolute atomic E-state index is 12.9. The number of hydrogen-bond donors (Lipinski definition) is 0. The van der Waals surface area contributed by atoms with E-state index in [2.05, 4.69) is 99.8 Å². The lowest BCUT2D eigenvalue weighted by molar-refractivity contribution is -0.166. The summed E-state index contributed by atoms with van der Waals surface area (Å²) in [5.41, 5.74) is 0. The molecule has 6 heteroatoms. The zero-order valence-electron chi connectivity index (χ0n) is 51.0. The normalized spacial score (nSPS) is 12.6. The van der Waals surface area contributed by atoms with E-state index in [-0.39, 0.29) is 37.5 Å². The summed E-state index contributed by atoms with van der Waals surface area (Å²) in [6.45, 7) is 6.48. The number of esters is 3. The molecule has 0 aromatic carbocycles. The van der Waals surface area contributed by atoms with Gasteiger partial charge in [-0.15, -0.1) is 0 Å². The molecule has 0 fully saturated rings. The van der Waals surface area contributed by atoms with Gasteiger partial charge in [-0.3, -0.25) is 14.4 Å². The van der Waals surface area contributed by atoms with Gasteiger partial charge in [0.25, 0.3) is 0 Å². The van der Waals surface area contributed by atoms with E-state index < -0.39 is 6.10 Å². The zero-order valence-corrected chi connectivity index (χ0v) is 51.0. The highest BCUT2D eigenvalue weighted by Crippen LogP contribution is 2.17. The summed E-state index contributed by atoms with van der Waals surface area (Å²) in [5, 5.41) is 0. The molecule has 0 aliphatic heterocycles. The van der Waals surface area contributed by atoms with Crippen molar-refractivity contribution in [2.45, 2.75) is 335 Å². The van der Waals surface area contributed by atoms with Crippen LogP contribution in [0, 0.1) is 0 Å². The second-order valence-corrected chi connectivity index (χ2v) is 22.0. The first-order valence-electron chi connectivity index (χ1n) is 33.1. The smallest absolute Gasteiger partial charge is 0.306 e. The van der Waals surface area contributed by atoms with E-state index in [1.807, 2.05) is 6.08 Å². The first-order valence-corrected chi connectivity index (χ1v) is 33.1. The van der Waals surface area contributed by atoms with Crippen molar-refractivity contribution in [2.24, 2.45) is 0 Å². The van der Waals surface area contributed by atoms with Crippen LogP contribution in [-0.4, -0.2) is 37.2 Å². The van der Waals surface area contributed by atoms with Crippen LogP contribution in [0.3, 0.4) is 0 Å². The number of rotatable bonds is 60. The number of carbonyl (C=O) groups is 3. The van der Waals surface area contributed by atoms with Crippen LogP contribution < -0.4 is 0 Å². The third-order valence-corrected chi connectivity index (χ3v) is 14.4. The maximum Gasteiger partial charge on any atom is 0.306 e. The summed E-state index contributed by atoms with van der Waals surface area (Å²) >= 11 is 0. The van der Waals surface area contributed by atoms with Crippen LogP contribution >= 0.6 is 0 Å². The molecule has 77 heavy (non-hydrogen) atoms. The fourth-order valence-corrected chi connectivity index (χ4v) is 9.47. The molecule has 0 bridgehead atoms. The molecule has 0 radical (unpaired) electrons. The Balaban J connectivity index is 4.34. The Hall–Kier alpha value is -3.41. The van der Waals surface area contributed by atoms with E-state index in [0.717, 1.165) is 83.5 Å². The van der Waals surface area contributed by atoms with Gasteiger partial charge in [0, 0.05) is 19.3 Å². The maximum atomic E-state index is 12.9. The molecule has 6 nitrogen and oxygen atoms in total. The van der Waals surface area contributed by atoms with Crippen LogP contribution in [0.5, 0.6) is 0 Å². The average molecular weight is 1070 g/mol. The molecule has 0 saturated carbocycles. The highest BCUT2D eigenvalue weighted by Gasteiger charge is 2.19. The molecule has 0 N–H and O–H groups in total. The second-order valence-electron chi connectivity index (χ2n) is 22.0. The number of carbonyl (C=O) groups excluding carboxylic acids is 3. The quantitative estimate of drug-likeness (QED) is 0.0261. The van der Waals surface area contributed by atoms with Crippen LogP contribution in [0.25, 0.3) is 0 Å². The molecule has 0 aliphatic rings. The monoisotopic (exact) mass is 1070 g/mol. The summed E-state index contributed by atoms with van der Waals surface area (Å²) in [6.07, 6.45) is 86.2. The minimum Gasteiger partial charge on any atom is -0.462 e. The van der Waals surface area contributed by atoms with Crippen molar-refractivity contribution < 1.29 is 28.6 Å². The van der Waals surface area contributed by atoms with Gasteiger partial charge in [-0.05, 0) is 83.5 Å². The molecule has 0 aromatic heterocycles. The van der Waals surface area contributed by atoms with Crippen molar-refractivity contribution in [3.63, 3.8) is 0 Å². The molecule has 0 spiro atoms. The van der Waals surface area contributed by atoms with E-state index in [0.29, 0.717) is 19.3 Å². The standard InChI is InChI=1S/C71H124O6/c1-4-7-10-13-16-19-22-25-27-29-31-33-35-37-39-41-43-46-49-52-55-58-61-64-70(73)76-67-68(66-75-69(72)63-60-57-54-51-48-45-24-21-18-15-12-9-6-3)77-71(74)65-62-59-56-53-50-47-44-42-40-38-36-34-32-30-28-26-23-20-17-14-11-8-5-2/h9,12,18,21-22,25,29,31,35,37,45,48,54,57,68H,4-8,10-11,13-17,19-20,23-24,26-28,30,32-34,36,38-44,46-47,49-53,55-56,58-67H2,1-3H3/b12-9-,21-18-,25-22-,31-29-,37-35-,48-45-,57-54-. The predicted molar refractivity (Wildman–Crippen MR) is 334 cm³/mol. The summed E-state index contributed by atoms with van der Waals surface area (Å²) in [7, 11) is 0. The summed E-state index contributed by atoms with van der Waals surface area (Å²) in [5.74, 6) is -0.977. The molecule has 0 amide bonds. The lowest BCUT2D eigenvalue weighted by atomic mass is 10.0. The number of allylic oxidation sites excluding steroid dienone is 14. The average Bonchev–Trinajstić information content (AvgIpc) is 3.43. The van der Waals surface area contributed by atoms with Crippen LogP contribution in [0.15, 0.2) is 85.1 Å². The second kappa shape index (κ2) is 65.1. The molecular formula is C71H124O6. The van der Waals surface area contributed by atoms with E-state index in [9.17, 15) is 14.4 Å². The van der Waals surface area contributed by atoms with Gasteiger partial charge in [0.05, 0.1) is 0 Å². The largest absolute Gasteiger partial charge is 0.462 e. The lowest BCUT2D eigenvalue weighted by Gasteiger charge is -2.18. The highest BCUT2D eigenvalue weighted by molar-refractivity contribution is 5.71. The Labute approximate surface area is 477 Å². The molecule has 1 unspecified atom stereocenters. The van der Waals surface area contributed by atoms with Crippen LogP contribution in [0.4, 0.5) is 0 Å². The highest BCUT2D eigenvalue weighted by atomic mass is 16.6. The van der Waals surface area contributed by atoms with E-state index in [1.54, 1.807) is 0 Å². The topological polar surface area (TPSA) is 78.9 Å². The molecule has 0 heterocycles. The van der Waals surface area contributed by atoms with Crippen LogP contribution in [0.1, 0.15) is 329 Å². The molecule has 1 atom stereocenters. The fraction of sp³-hybridized carbons (Fsp3) is 0.761. The van der Waals surface area contributed by atoms with Crippen LogP contribution in [-0.2, 0) is 28.6 Å². The van der Waals surface area contributed by atoms with Gasteiger partial charge >= 0.3 is 17.9 Å². The van der Waals surface area contributed by atoms with Gasteiger partial charge < -0.3 is 14.2 Å². The minimum absolute atomic E-state index is 0.100. The van der Waals surface area contributed by atoms with Gasteiger partial charge in [-0.2, -0.15) is 0 Å². The van der Waals surface area contributed by atoms with Crippen molar-refractivity contribution in [2.75, 3.05) is 13.2 Å². The van der Waals surface area contributed by atoms with Crippen molar-refractivity contribution in [3.8, 4) is 0 Å². The Morgan fingerprint density at radius 1 is 0.273 bits per heavy atom. The molecule has 0 saturated heterocycles. The Morgan fingerprint density at radius 2 is 0.532 bits per heavy atom. The number of ether oxygens (including phenoxy) is 3. The third-order valence-electron chi connectivity index (χ3n) is 14.4. The molecular weight excluding hydrogens is 949 g/mol. The third kappa shape index (κ3) is 63.3. The van der Waals surface area contributed by atoms with Crippen molar-refractivity contribution in [3.05, 3.63) is 85.1 Å². The van der Waals surface area contributed by atoms with Crippen molar-refractivity contribution >= 4 is 17.9 Å². The summed E-state index contributed by atoms with van der Waals surface area (Å²) < 4.78 is 16.9. The Bertz CT molecular complexity index is 1470. The van der Waals surface area contributed by atoms with Gasteiger partial charge in [0.1, 0.15) is 13.2 Å². The first-order chi connectivity index (χ1) is 38.0. The zero-order chi connectivity index (χ0) is 55.7.